The van der Waals surface area contributed by atoms with Crippen molar-refractivity contribution in [3.63, 3.8) is 0 Å². The summed E-state index contributed by atoms with van der Waals surface area (Å²) >= 11 is 0. The standard InChI is InChI=1S/C14H24N2O4/c1-10-5-7-16(12(10)13(17)18)14(19)15-6-2-8-20-9-11-3-4-11/h10-12H,2-9H2,1H3,(H,15,19)(H,17,18). The van der Waals surface area contributed by atoms with Crippen molar-refractivity contribution < 1.29 is 19.4 Å². The van der Waals surface area contributed by atoms with E-state index in [2.05, 4.69) is 5.32 Å². The zero-order chi connectivity index (χ0) is 14.5. The number of nitrogens with one attached hydrogen (secondary N) is 1. The van der Waals surface area contributed by atoms with Crippen LogP contribution in [0.2, 0.25) is 0 Å². The average Bonchev–Trinajstić information content (AvgIpc) is 3.14. The van der Waals surface area contributed by atoms with Gasteiger partial charge < -0.3 is 20.1 Å². The second-order valence-electron chi connectivity index (χ2n) is 5.85. The van der Waals surface area contributed by atoms with Crippen molar-refractivity contribution in [1.29, 1.82) is 0 Å². The number of nitrogens with zero attached hydrogens (tertiary/aromatic N) is 1. The molecule has 0 aromatic heterocycles. The maximum Gasteiger partial charge on any atom is 0.326 e. The van der Waals surface area contributed by atoms with Gasteiger partial charge in [-0.15, -0.1) is 0 Å². The zero-order valence-corrected chi connectivity index (χ0v) is 12.0. The van der Waals surface area contributed by atoms with Crippen LogP contribution in [0, 0.1) is 11.8 Å². The van der Waals surface area contributed by atoms with Gasteiger partial charge in [-0.3, -0.25) is 0 Å². The first-order valence-corrected chi connectivity index (χ1v) is 7.44. The molecule has 2 rings (SSSR count). The first-order valence-electron chi connectivity index (χ1n) is 7.44. The maximum absolute atomic E-state index is 12.0. The number of hydrogen-bond donors (Lipinski definition) is 2. The van der Waals surface area contributed by atoms with Crippen LogP contribution in [-0.2, 0) is 9.53 Å². The Labute approximate surface area is 119 Å². The number of likely N-dealkylation sites (tertiary alicyclic amines) is 1. The molecule has 114 valence electrons. The van der Waals surface area contributed by atoms with Gasteiger partial charge in [-0.1, -0.05) is 6.92 Å². The van der Waals surface area contributed by atoms with Crippen LogP contribution < -0.4 is 5.32 Å². The summed E-state index contributed by atoms with van der Waals surface area (Å²) in [6, 6.07) is -0.968. The third-order valence-corrected chi connectivity index (χ3v) is 4.01. The second kappa shape index (κ2) is 6.92. The molecule has 0 spiro atoms. The van der Waals surface area contributed by atoms with Gasteiger partial charge in [0.05, 0.1) is 0 Å². The molecule has 6 heteroatoms. The molecule has 2 atom stereocenters. The summed E-state index contributed by atoms with van der Waals surface area (Å²) in [5.41, 5.74) is 0. The Balaban J connectivity index is 1.62. The maximum atomic E-state index is 12.0. The van der Waals surface area contributed by atoms with Gasteiger partial charge >= 0.3 is 12.0 Å². The monoisotopic (exact) mass is 284 g/mol. The number of aliphatic carboxylic acids is 1. The Morgan fingerprint density at radius 2 is 2.10 bits per heavy atom. The van der Waals surface area contributed by atoms with E-state index >= 15 is 0 Å². The van der Waals surface area contributed by atoms with Gasteiger partial charge in [0.25, 0.3) is 0 Å². The summed E-state index contributed by atoms with van der Waals surface area (Å²) in [6.45, 7) is 4.40. The molecule has 6 nitrogen and oxygen atoms in total. The molecule has 1 aliphatic heterocycles. The summed E-state index contributed by atoms with van der Waals surface area (Å²) in [4.78, 5) is 24.6. The third kappa shape index (κ3) is 4.10. The van der Waals surface area contributed by atoms with Gasteiger partial charge in [0.2, 0.25) is 0 Å². The van der Waals surface area contributed by atoms with E-state index in [0.717, 1.165) is 25.4 Å². The lowest BCUT2D eigenvalue weighted by Gasteiger charge is -2.23. The first kappa shape index (κ1) is 15.1. The highest BCUT2D eigenvalue weighted by Gasteiger charge is 2.39. The van der Waals surface area contributed by atoms with Crippen LogP contribution in [0.1, 0.15) is 32.6 Å². The average molecular weight is 284 g/mol. The Bertz CT molecular complexity index is 357. The molecule has 0 aromatic rings. The largest absolute Gasteiger partial charge is 0.480 e. The Hall–Kier alpha value is -1.30. The van der Waals surface area contributed by atoms with Crippen LogP contribution in [-0.4, -0.2) is 54.4 Å². The van der Waals surface area contributed by atoms with Gasteiger partial charge in [-0.25, -0.2) is 9.59 Å². The van der Waals surface area contributed by atoms with Crippen LogP contribution >= 0.6 is 0 Å². The van der Waals surface area contributed by atoms with Crippen molar-refractivity contribution in [2.24, 2.45) is 11.8 Å². The van der Waals surface area contributed by atoms with Gasteiger partial charge in [0.15, 0.2) is 0 Å². The van der Waals surface area contributed by atoms with E-state index in [4.69, 9.17) is 9.84 Å². The van der Waals surface area contributed by atoms with Gasteiger partial charge in [-0.05, 0) is 37.5 Å². The summed E-state index contributed by atoms with van der Waals surface area (Å²) in [7, 11) is 0. The SMILES string of the molecule is CC1CCN(C(=O)NCCCOCC2CC2)C1C(=O)O. The highest BCUT2D eigenvalue weighted by atomic mass is 16.5. The molecule has 20 heavy (non-hydrogen) atoms. The van der Waals surface area contributed by atoms with Crippen LogP contribution in [0.15, 0.2) is 0 Å². The third-order valence-electron chi connectivity index (χ3n) is 4.01. The van der Waals surface area contributed by atoms with Crippen molar-refractivity contribution in [3.05, 3.63) is 0 Å². The molecule has 1 saturated carbocycles. The summed E-state index contributed by atoms with van der Waals surface area (Å²) in [5, 5.41) is 11.9. The number of carboxylic acid groups (broad SMARTS) is 1. The minimum absolute atomic E-state index is 0.0140. The molecule has 2 aliphatic rings. The predicted octanol–water partition coefficient (Wildman–Crippen LogP) is 1.31. The lowest BCUT2D eigenvalue weighted by Crippen LogP contribution is -2.47. The lowest BCUT2D eigenvalue weighted by molar-refractivity contribution is -0.142. The fourth-order valence-electron chi connectivity index (χ4n) is 2.56. The molecule has 0 bridgehead atoms. The van der Waals surface area contributed by atoms with E-state index < -0.39 is 12.0 Å². The minimum atomic E-state index is -0.919. The Morgan fingerprint density at radius 1 is 1.35 bits per heavy atom. The molecule has 2 fully saturated rings. The summed E-state index contributed by atoms with van der Waals surface area (Å²) < 4.78 is 5.48. The quantitative estimate of drug-likeness (QED) is 0.691. The molecule has 0 aromatic carbocycles. The second-order valence-corrected chi connectivity index (χ2v) is 5.85. The Morgan fingerprint density at radius 3 is 2.75 bits per heavy atom. The van der Waals surface area contributed by atoms with Crippen LogP contribution in [0.3, 0.4) is 0 Å². The summed E-state index contributed by atoms with van der Waals surface area (Å²) in [5.74, 6) is -0.148. The van der Waals surface area contributed by atoms with E-state index in [9.17, 15) is 9.59 Å². The molecule has 2 N–H and O–H groups in total. The van der Waals surface area contributed by atoms with Crippen molar-refractivity contribution in [2.45, 2.75) is 38.6 Å². The minimum Gasteiger partial charge on any atom is -0.480 e. The fraction of sp³-hybridized carbons (Fsp3) is 0.857. The smallest absolute Gasteiger partial charge is 0.326 e. The fourth-order valence-corrected chi connectivity index (χ4v) is 2.56. The number of amides is 2. The number of carbonyl (C=O) groups is 2. The topological polar surface area (TPSA) is 78.9 Å². The van der Waals surface area contributed by atoms with Gasteiger partial charge in [0.1, 0.15) is 6.04 Å². The molecule has 2 amide bonds. The molecule has 1 aliphatic carbocycles. The van der Waals surface area contributed by atoms with Gasteiger partial charge in [-0.2, -0.15) is 0 Å². The number of carbonyl (C=O) groups excluding carboxylic acids is 1. The zero-order valence-electron chi connectivity index (χ0n) is 12.0. The molecular formula is C14H24N2O4. The van der Waals surface area contributed by atoms with E-state index in [1.54, 1.807) is 0 Å². The van der Waals surface area contributed by atoms with Crippen molar-refractivity contribution in [3.8, 4) is 0 Å². The lowest BCUT2D eigenvalue weighted by atomic mass is 10.0. The molecule has 2 unspecified atom stereocenters. The number of urea groups is 1. The molecule has 0 radical (unpaired) electrons. The number of carboxylic acids is 1. The van der Waals surface area contributed by atoms with Crippen molar-refractivity contribution in [1.82, 2.24) is 10.2 Å². The molecule has 1 heterocycles. The van der Waals surface area contributed by atoms with Gasteiger partial charge in [0, 0.05) is 26.3 Å². The highest BCUT2D eigenvalue weighted by Crippen LogP contribution is 2.28. The van der Waals surface area contributed by atoms with Crippen molar-refractivity contribution >= 4 is 12.0 Å². The number of rotatable bonds is 7. The van der Waals surface area contributed by atoms with E-state index in [0.29, 0.717) is 19.7 Å². The Kier molecular flexibility index (Phi) is 5.23. The molecule has 1 saturated heterocycles. The van der Waals surface area contributed by atoms with E-state index in [-0.39, 0.29) is 11.9 Å². The van der Waals surface area contributed by atoms with E-state index in [1.165, 1.54) is 17.7 Å². The summed E-state index contributed by atoms with van der Waals surface area (Å²) in [6.07, 6.45) is 4.06. The number of ether oxygens (including phenoxy) is 1. The number of hydrogen-bond acceptors (Lipinski definition) is 3. The van der Waals surface area contributed by atoms with Crippen LogP contribution in [0.4, 0.5) is 4.79 Å². The molecular weight excluding hydrogens is 260 g/mol. The van der Waals surface area contributed by atoms with Crippen LogP contribution in [0.5, 0.6) is 0 Å². The highest BCUT2D eigenvalue weighted by molar-refractivity contribution is 5.83. The predicted molar refractivity (Wildman–Crippen MR) is 73.5 cm³/mol. The van der Waals surface area contributed by atoms with Crippen molar-refractivity contribution in [2.75, 3.05) is 26.3 Å². The van der Waals surface area contributed by atoms with Crippen LogP contribution in [0.25, 0.3) is 0 Å². The normalized spacial score (nSPS) is 25.8. The van der Waals surface area contributed by atoms with E-state index in [1.807, 2.05) is 6.92 Å². The first-order chi connectivity index (χ1) is 9.59.